The summed E-state index contributed by atoms with van der Waals surface area (Å²) >= 11 is 0. The van der Waals surface area contributed by atoms with E-state index in [0.717, 1.165) is 5.56 Å². The van der Waals surface area contributed by atoms with Gasteiger partial charge in [-0.3, -0.25) is 0 Å². The molecule has 2 N–H and O–H groups in total. The highest BCUT2D eigenvalue weighted by molar-refractivity contribution is 7.90. The third-order valence-corrected chi connectivity index (χ3v) is 4.90. The molecular formula is C17H15N3O4S. The predicted molar refractivity (Wildman–Crippen MR) is 92.2 cm³/mol. The lowest BCUT2D eigenvalue weighted by Gasteiger charge is -2.11. The summed E-state index contributed by atoms with van der Waals surface area (Å²) in [4.78, 5) is 15.5. The summed E-state index contributed by atoms with van der Waals surface area (Å²) in [6, 6.07) is 12.8. The Bertz CT molecular complexity index is 981. The standard InChI is InChI=1S/C17H15N3O4S/c1-18-17(21)20-25(22,23)15-5-3-2-4-14(15)12-6-8-13(9-7-12)16-19-10-11-24-16/h2-11H,1H3,(H2,18,20,21). The molecule has 128 valence electrons. The molecule has 0 radical (unpaired) electrons. The first-order valence-corrected chi connectivity index (χ1v) is 8.83. The molecule has 0 aliphatic heterocycles. The molecule has 2 aromatic carbocycles. The van der Waals surface area contributed by atoms with Gasteiger partial charge >= 0.3 is 6.03 Å². The first-order chi connectivity index (χ1) is 12.0. The average Bonchev–Trinajstić information content (AvgIpc) is 3.16. The number of amides is 2. The van der Waals surface area contributed by atoms with E-state index in [1.165, 1.54) is 19.4 Å². The Kier molecular flexibility index (Phi) is 4.53. The number of carbonyl (C=O) groups is 1. The Balaban J connectivity index is 2.00. The highest BCUT2D eigenvalue weighted by atomic mass is 32.2. The smallest absolute Gasteiger partial charge is 0.328 e. The number of rotatable bonds is 4. The maximum absolute atomic E-state index is 12.5. The zero-order valence-corrected chi connectivity index (χ0v) is 14.1. The maximum atomic E-state index is 12.5. The number of nitrogens with one attached hydrogen (secondary N) is 2. The normalized spacial score (nSPS) is 11.1. The van der Waals surface area contributed by atoms with Gasteiger partial charge in [0.2, 0.25) is 5.89 Å². The van der Waals surface area contributed by atoms with E-state index in [1.807, 2.05) is 4.72 Å². The molecule has 0 fully saturated rings. The number of aromatic nitrogens is 1. The number of carbonyl (C=O) groups excluding carboxylic acids is 1. The molecular weight excluding hydrogens is 342 g/mol. The highest BCUT2D eigenvalue weighted by Crippen LogP contribution is 2.29. The van der Waals surface area contributed by atoms with Crippen LogP contribution < -0.4 is 10.0 Å². The van der Waals surface area contributed by atoms with E-state index in [2.05, 4.69) is 10.3 Å². The van der Waals surface area contributed by atoms with Crippen LogP contribution in [0.4, 0.5) is 4.79 Å². The van der Waals surface area contributed by atoms with E-state index in [0.29, 0.717) is 17.0 Å². The molecule has 1 aromatic heterocycles. The SMILES string of the molecule is CNC(=O)NS(=O)(=O)c1ccccc1-c1ccc(-c2ncco2)cc1. The van der Waals surface area contributed by atoms with Gasteiger partial charge in [-0.2, -0.15) is 0 Å². The van der Waals surface area contributed by atoms with Gasteiger partial charge in [0.15, 0.2) is 0 Å². The number of sulfonamides is 1. The Morgan fingerprint density at radius 3 is 2.36 bits per heavy atom. The summed E-state index contributed by atoms with van der Waals surface area (Å²) in [5.41, 5.74) is 1.95. The fraction of sp³-hybridized carbons (Fsp3) is 0.0588. The van der Waals surface area contributed by atoms with Crippen LogP contribution in [0.2, 0.25) is 0 Å². The van der Waals surface area contributed by atoms with Crippen molar-refractivity contribution in [3.05, 3.63) is 61.0 Å². The lowest BCUT2D eigenvalue weighted by atomic mass is 10.0. The summed E-state index contributed by atoms with van der Waals surface area (Å²) in [6.07, 6.45) is 3.03. The first-order valence-electron chi connectivity index (χ1n) is 7.35. The van der Waals surface area contributed by atoms with Crippen LogP contribution in [0, 0.1) is 0 Å². The van der Waals surface area contributed by atoms with Gasteiger partial charge in [-0.15, -0.1) is 0 Å². The van der Waals surface area contributed by atoms with Crippen LogP contribution in [0.3, 0.4) is 0 Å². The third-order valence-electron chi connectivity index (χ3n) is 3.51. The lowest BCUT2D eigenvalue weighted by molar-refractivity contribution is 0.248. The number of urea groups is 1. The molecule has 2 amide bonds. The second kappa shape index (κ2) is 6.78. The van der Waals surface area contributed by atoms with Crippen molar-refractivity contribution in [3.63, 3.8) is 0 Å². The van der Waals surface area contributed by atoms with E-state index in [9.17, 15) is 13.2 Å². The summed E-state index contributed by atoms with van der Waals surface area (Å²) in [5.74, 6) is 0.480. The molecule has 1 heterocycles. The van der Waals surface area contributed by atoms with Crippen molar-refractivity contribution in [1.82, 2.24) is 15.0 Å². The highest BCUT2D eigenvalue weighted by Gasteiger charge is 2.21. The van der Waals surface area contributed by atoms with Gasteiger partial charge in [-0.25, -0.2) is 22.9 Å². The minimum atomic E-state index is -4.00. The molecule has 0 unspecified atom stereocenters. The Labute approximate surface area is 144 Å². The zero-order valence-electron chi connectivity index (χ0n) is 13.3. The quantitative estimate of drug-likeness (QED) is 0.747. The summed E-state index contributed by atoms with van der Waals surface area (Å²) in [5, 5.41) is 2.23. The summed E-state index contributed by atoms with van der Waals surface area (Å²) in [6.45, 7) is 0. The molecule has 0 aliphatic rings. The molecule has 25 heavy (non-hydrogen) atoms. The van der Waals surface area contributed by atoms with Gasteiger partial charge in [0.05, 0.1) is 11.1 Å². The van der Waals surface area contributed by atoms with Crippen molar-refractivity contribution in [2.75, 3.05) is 7.05 Å². The Hall–Kier alpha value is -3.13. The molecule has 3 rings (SSSR count). The van der Waals surface area contributed by atoms with E-state index in [-0.39, 0.29) is 4.90 Å². The van der Waals surface area contributed by atoms with Crippen LogP contribution in [-0.4, -0.2) is 26.5 Å². The topological polar surface area (TPSA) is 101 Å². The fourth-order valence-corrected chi connectivity index (χ4v) is 3.52. The van der Waals surface area contributed by atoms with Crippen molar-refractivity contribution in [1.29, 1.82) is 0 Å². The molecule has 0 aliphatic carbocycles. The largest absolute Gasteiger partial charge is 0.445 e. The van der Waals surface area contributed by atoms with Crippen LogP contribution in [0.15, 0.2) is 70.3 Å². The van der Waals surface area contributed by atoms with E-state index < -0.39 is 16.1 Å². The van der Waals surface area contributed by atoms with Gasteiger partial charge in [-0.1, -0.05) is 30.3 Å². The monoisotopic (exact) mass is 357 g/mol. The van der Waals surface area contributed by atoms with Crippen molar-refractivity contribution in [3.8, 4) is 22.6 Å². The number of hydrogen-bond acceptors (Lipinski definition) is 5. The van der Waals surface area contributed by atoms with E-state index in [4.69, 9.17) is 4.42 Å². The molecule has 0 bridgehead atoms. The third kappa shape index (κ3) is 3.53. The van der Waals surface area contributed by atoms with Gasteiger partial charge in [-0.05, 0) is 23.8 Å². The molecule has 7 nitrogen and oxygen atoms in total. The van der Waals surface area contributed by atoms with Crippen LogP contribution >= 0.6 is 0 Å². The van der Waals surface area contributed by atoms with Gasteiger partial charge in [0.1, 0.15) is 6.26 Å². The maximum Gasteiger partial charge on any atom is 0.328 e. The van der Waals surface area contributed by atoms with Gasteiger partial charge < -0.3 is 9.73 Å². The zero-order chi connectivity index (χ0) is 17.9. The number of oxazole rings is 1. The van der Waals surface area contributed by atoms with Crippen LogP contribution in [0.5, 0.6) is 0 Å². The molecule has 0 saturated carbocycles. The van der Waals surface area contributed by atoms with Gasteiger partial charge in [0.25, 0.3) is 10.0 Å². The lowest BCUT2D eigenvalue weighted by Crippen LogP contribution is -2.37. The fourth-order valence-electron chi connectivity index (χ4n) is 2.33. The van der Waals surface area contributed by atoms with Crippen LogP contribution in [0.25, 0.3) is 22.6 Å². The van der Waals surface area contributed by atoms with E-state index in [1.54, 1.807) is 48.7 Å². The predicted octanol–water partition coefficient (Wildman–Crippen LogP) is 2.63. The summed E-state index contributed by atoms with van der Waals surface area (Å²) in [7, 11) is -2.65. The second-order valence-corrected chi connectivity index (χ2v) is 6.75. The second-order valence-electron chi connectivity index (χ2n) is 5.10. The number of benzene rings is 2. The van der Waals surface area contributed by atoms with E-state index >= 15 is 0 Å². The van der Waals surface area contributed by atoms with Crippen LogP contribution in [0.1, 0.15) is 0 Å². The molecule has 0 spiro atoms. The Morgan fingerprint density at radius 2 is 1.72 bits per heavy atom. The molecule has 3 aromatic rings. The van der Waals surface area contributed by atoms with Crippen molar-refractivity contribution < 1.29 is 17.6 Å². The van der Waals surface area contributed by atoms with Crippen LogP contribution in [-0.2, 0) is 10.0 Å². The number of nitrogens with zero attached hydrogens (tertiary/aromatic N) is 1. The molecule has 0 saturated heterocycles. The molecule has 8 heteroatoms. The Morgan fingerprint density at radius 1 is 1.04 bits per heavy atom. The van der Waals surface area contributed by atoms with Gasteiger partial charge in [0, 0.05) is 18.2 Å². The minimum absolute atomic E-state index is 0.0162. The number of hydrogen-bond donors (Lipinski definition) is 2. The minimum Gasteiger partial charge on any atom is -0.445 e. The van der Waals surface area contributed by atoms with Crippen molar-refractivity contribution in [2.45, 2.75) is 4.90 Å². The van der Waals surface area contributed by atoms with Crippen molar-refractivity contribution in [2.24, 2.45) is 0 Å². The average molecular weight is 357 g/mol. The first kappa shape index (κ1) is 16.7. The summed E-state index contributed by atoms with van der Waals surface area (Å²) < 4.78 is 32.1. The molecule has 0 atom stereocenters. The van der Waals surface area contributed by atoms with Crippen molar-refractivity contribution >= 4 is 16.1 Å².